The summed E-state index contributed by atoms with van der Waals surface area (Å²) in [5, 5.41) is 22.7. The maximum atomic E-state index is 12.8. The molecule has 168 valence electrons. The highest BCUT2D eigenvalue weighted by atomic mass is 31.2. The molecule has 30 heavy (non-hydrogen) atoms. The zero-order valence-corrected chi connectivity index (χ0v) is 18.3. The van der Waals surface area contributed by atoms with Crippen LogP contribution in [0.4, 0.5) is 0 Å². The number of carbonyl (C=O) groups excluding carboxylic acids is 2. The van der Waals surface area contributed by atoms with Crippen molar-refractivity contribution in [2.75, 3.05) is 6.61 Å². The van der Waals surface area contributed by atoms with Crippen molar-refractivity contribution in [1.82, 2.24) is 0 Å². The molecule has 0 saturated heterocycles. The smallest absolute Gasteiger partial charge is 0.393 e. The molecule has 0 amide bonds. The number of Topliss-reactive ketones (excluding diaryl/α,β-unsaturated/α-hetero) is 1. The first-order valence-corrected chi connectivity index (χ1v) is 12.2. The first kappa shape index (κ1) is 22.3. The minimum atomic E-state index is -4.83. The van der Waals surface area contributed by atoms with Crippen molar-refractivity contribution >= 4 is 19.4 Å². The van der Waals surface area contributed by atoms with Gasteiger partial charge in [0.15, 0.2) is 11.6 Å². The third-order valence-electron chi connectivity index (χ3n) is 8.87. The molecule has 0 aliphatic heterocycles. The van der Waals surface area contributed by atoms with Crippen LogP contribution in [0.1, 0.15) is 58.8 Å². The summed E-state index contributed by atoms with van der Waals surface area (Å²) >= 11 is 0. The fourth-order valence-corrected chi connectivity index (χ4v) is 7.70. The minimum absolute atomic E-state index is 0.00547. The maximum Gasteiger partial charge on any atom is 0.470 e. The van der Waals surface area contributed by atoms with Gasteiger partial charge in [-0.05, 0) is 67.8 Å². The van der Waals surface area contributed by atoms with E-state index in [9.17, 15) is 24.4 Å². The number of ketones is 2. The topological polar surface area (TPSA) is 141 Å². The summed E-state index contributed by atoms with van der Waals surface area (Å²) in [5.74, 6) is -0.522. The average molecular weight is 442 g/mol. The van der Waals surface area contributed by atoms with Crippen molar-refractivity contribution in [1.29, 1.82) is 0 Å². The number of carbonyl (C=O) groups is 2. The Morgan fingerprint density at radius 3 is 2.60 bits per heavy atom. The van der Waals surface area contributed by atoms with Crippen LogP contribution < -0.4 is 0 Å². The summed E-state index contributed by atoms with van der Waals surface area (Å²) in [4.78, 5) is 42.6. The second-order valence-corrected chi connectivity index (χ2v) is 11.4. The number of rotatable bonds is 4. The Labute approximate surface area is 175 Å². The minimum Gasteiger partial charge on any atom is -0.393 e. The van der Waals surface area contributed by atoms with Gasteiger partial charge in [0.1, 0.15) is 12.2 Å². The summed E-state index contributed by atoms with van der Waals surface area (Å²) in [7, 11) is -4.83. The van der Waals surface area contributed by atoms with E-state index in [4.69, 9.17) is 9.79 Å². The van der Waals surface area contributed by atoms with Gasteiger partial charge in [0.25, 0.3) is 0 Å². The molecule has 4 aliphatic rings. The lowest BCUT2D eigenvalue weighted by Crippen LogP contribution is -2.62. The average Bonchev–Trinajstić information content (AvgIpc) is 2.91. The lowest BCUT2D eigenvalue weighted by Gasteiger charge is -2.60. The van der Waals surface area contributed by atoms with Gasteiger partial charge in [-0.3, -0.25) is 14.1 Å². The van der Waals surface area contributed by atoms with Crippen LogP contribution in [0, 0.1) is 28.6 Å². The molecule has 4 N–H and O–H groups in total. The molecule has 0 heterocycles. The predicted octanol–water partition coefficient (Wildman–Crippen LogP) is 1.90. The molecular weight excluding hydrogens is 411 g/mol. The molecule has 4 aliphatic carbocycles. The quantitative estimate of drug-likeness (QED) is 0.484. The summed E-state index contributed by atoms with van der Waals surface area (Å²) in [5.41, 5.74) is -1.84. The SMILES string of the molecule is C[C@@]12CCC(=O)C=C1CC[C@@H]1[C@@H]2[C@@H](O)C[C@]2(C)[C@H]1CC[C@]2(O)C(=O)COP(=O)(O)O. The van der Waals surface area contributed by atoms with Gasteiger partial charge in [-0.2, -0.15) is 0 Å². The Morgan fingerprint density at radius 1 is 1.23 bits per heavy atom. The summed E-state index contributed by atoms with van der Waals surface area (Å²) in [6.07, 6.45) is 4.79. The largest absolute Gasteiger partial charge is 0.470 e. The number of fused-ring (bicyclic) bond motifs is 5. The Bertz CT molecular complexity index is 848. The van der Waals surface area contributed by atoms with Crippen LogP contribution >= 0.6 is 7.82 Å². The molecule has 8 nitrogen and oxygen atoms in total. The fourth-order valence-electron chi connectivity index (χ4n) is 7.41. The van der Waals surface area contributed by atoms with E-state index < -0.39 is 37.3 Å². The zero-order valence-electron chi connectivity index (χ0n) is 17.4. The van der Waals surface area contributed by atoms with Crippen molar-refractivity contribution in [3.05, 3.63) is 11.6 Å². The van der Waals surface area contributed by atoms with Crippen LogP contribution in [0.25, 0.3) is 0 Å². The van der Waals surface area contributed by atoms with Crippen LogP contribution in [-0.2, 0) is 18.7 Å². The Morgan fingerprint density at radius 2 is 1.93 bits per heavy atom. The molecular formula is C21H31O8P. The number of aliphatic hydroxyl groups is 2. The highest BCUT2D eigenvalue weighted by Gasteiger charge is 2.68. The van der Waals surface area contributed by atoms with E-state index in [1.807, 2.05) is 6.92 Å². The highest BCUT2D eigenvalue weighted by Crippen LogP contribution is 2.67. The van der Waals surface area contributed by atoms with Gasteiger partial charge in [-0.1, -0.05) is 19.4 Å². The Hall–Kier alpha value is -0.890. The van der Waals surface area contributed by atoms with Crippen molar-refractivity contribution < 1.29 is 38.7 Å². The molecule has 7 atom stereocenters. The first-order valence-electron chi connectivity index (χ1n) is 10.7. The van der Waals surface area contributed by atoms with Crippen LogP contribution in [0.5, 0.6) is 0 Å². The van der Waals surface area contributed by atoms with Gasteiger partial charge < -0.3 is 20.0 Å². The normalized spacial score (nSPS) is 45.9. The van der Waals surface area contributed by atoms with E-state index in [0.717, 1.165) is 18.4 Å². The van der Waals surface area contributed by atoms with E-state index in [1.165, 1.54) is 0 Å². The second kappa shape index (κ2) is 7.06. The molecule has 0 bridgehead atoms. The third-order valence-corrected chi connectivity index (χ3v) is 9.34. The lowest BCUT2D eigenvalue weighted by molar-refractivity contribution is -0.182. The molecule has 3 saturated carbocycles. The van der Waals surface area contributed by atoms with Crippen LogP contribution in [-0.4, -0.2) is 49.9 Å². The molecule has 3 fully saturated rings. The number of phosphoric ester groups is 1. The van der Waals surface area contributed by atoms with E-state index in [0.29, 0.717) is 19.3 Å². The monoisotopic (exact) mass is 442 g/mol. The van der Waals surface area contributed by atoms with Crippen molar-refractivity contribution in [3.63, 3.8) is 0 Å². The van der Waals surface area contributed by atoms with Crippen molar-refractivity contribution in [3.8, 4) is 0 Å². The molecule has 0 aromatic carbocycles. The van der Waals surface area contributed by atoms with Gasteiger partial charge >= 0.3 is 7.82 Å². The van der Waals surface area contributed by atoms with Crippen LogP contribution in [0.15, 0.2) is 11.6 Å². The summed E-state index contributed by atoms with van der Waals surface area (Å²) < 4.78 is 15.4. The fraction of sp³-hybridized carbons (Fsp3) is 0.810. The van der Waals surface area contributed by atoms with Gasteiger partial charge in [-0.25, -0.2) is 4.57 Å². The number of phosphoric acid groups is 1. The first-order chi connectivity index (χ1) is 13.8. The zero-order chi connectivity index (χ0) is 22.1. The Kier molecular flexibility index (Phi) is 5.25. The number of hydrogen-bond donors (Lipinski definition) is 4. The molecule has 0 spiro atoms. The van der Waals surface area contributed by atoms with Crippen LogP contribution in [0.2, 0.25) is 0 Å². The Balaban J connectivity index is 1.64. The van der Waals surface area contributed by atoms with E-state index in [1.54, 1.807) is 6.08 Å². The summed E-state index contributed by atoms with van der Waals surface area (Å²) in [6, 6.07) is 0. The number of allylic oxidation sites excluding steroid dienone is 1. The third kappa shape index (κ3) is 3.19. The highest BCUT2D eigenvalue weighted by molar-refractivity contribution is 7.46. The molecule has 0 aromatic heterocycles. The molecule has 4 rings (SSSR count). The second-order valence-electron chi connectivity index (χ2n) is 10.2. The number of hydrogen-bond acceptors (Lipinski definition) is 6. The molecule has 0 aromatic rings. The number of aliphatic hydroxyl groups excluding tert-OH is 1. The lowest BCUT2D eigenvalue weighted by atomic mass is 9.45. The predicted molar refractivity (Wildman–Crippen MR) is 106 cm³/mol. The standard InChI is InChI=1S/C21H31O8P/c1-19-7-5-13(22)9-12(19)3-4-14-15-6-8-21(25,17(24)11-29-30(26,27)28)20(15,2)10-16(23)18(14)19/h9,14-16,18,23,25H,3-8,10-11H2,1-2H3,(H2,26,27,28)/t14-,15-,16-,18+,19+,20+,21-/m0/s1. The van der Waals surface area contributed by atoms with Gasteiger partial charge in [0, 0.05) is 11.8 Å². The van der Waals surface area contributed by atoms with Gasteiger partial charge in [0.2, 0.25) is 0 Å². The summed E-state index contributed by atoms with van der Waals surface area (Å²) in [6.45, 7) is 3.09. The van der Waals surface area contributed by atoms with Crippen LogP contribution in [0.3, 0.4) is 0 Å². The van der Waals surface area contributed by atoms with E-state index in [2.05, 4.69) is 11.4 Å². The molecule has 9 heteroatoms. The molecule has 0 radical (unpaired) electrons. The van der Waals surface area contributed by atoms with E-state index >= 15 is 0 Å². The maximum absolute atomic E-state index is 12.8. The van der Waals surface area contributed by atoms with E-state index in [-0.39, 0.29) is 41.8 Å². The van der Waals surface area contributed by atoms with Gasteiger partial charge in [-0.15, -0.1) is 0 Å². The molecule has 0 unspecified atom stereocenters. The van der Waals surface area contributed by atoms with Gasteiger partial charge in [0.05, 0.1) is 6.10 Å². The van der Waals surface area contributed by atoms with Crippen molar-refractivity contribution in [2.24, 2.45) is 28.6 Å². The van der Waals surface area contributed by atoms with Crippen molar-refractivity contribution in [2.45, 2.75) is 70.5 Å².